The molecule has 0 saturated carbocycles. The molecular weight excluding hydrogens is 272 g/mol. The van der Waals surface area contributed by atoms with Crippen molar-refractivity contribution in [3.8, 4) is 5.75 Å². The van der Waals surface area contributed by atoms with Gasteiger partial charge < -0.3 is 20.1 Å². The topological polar surface area (TPSA) is 78.9 Å². The van der Waals surface area contributed by atoms with Crippen molar-refractivity contribution in [2.45, 2.75) is 19.8 Å². The van der Waals surface area contributed by atoms with Gasteiger partial charge in [-0.25, -0.2) is 4.79 Å². The van der Waals surface area contributed by atoms with Gasteiger partial charge in [0.25, 0.3) is 0 Å². The number of aryl methyl sites for hydroxylation is 1. The summed E-state index contributed by atoms with van der Waals surface area (Å²) in [7, 11) is 1.59. The lowest BCUT2D eigenvalue weighted by Gasteiger charge is -2.30. The molecule has 6 heteroatoms. The Hall–Kier alpha value is -2.24. The Bertz CT molecular complexity index is 544. The second-order valence-electron chi connectivity index (χ2n) is 5.23. The van der Waals surface area contributed by atoms with Gasteiger partial charge in [-0.05, 0) is 43.5 Å². The summed E-state index contributed by atoms with van der Waals surface area (Å²) in [6.07, 6.45) is 1.34. The van der Waals surface area contributed by atoms with Gasteiger partial charge in [-0.3, -0.25) is 4.79 Å². The number of urea groups is 1. The van der Waals surface area contributed by atoms with Crippen molar-refractivity contribution in [1.82, 2.24) is 4.90 Å². The van der Waals surface area contributed by atoms with Gasteiger partial charge in [-0.2, -0.15) is 0 Å². The van der Waals surface area contributed by atoms with E-state index in [9.17, 15) is 9.59 Å². The fourth-order valence-electron chi connectivity index (χ4n) is 2.46. The summed E-state index contributed by atoms with van der Waals surface area (Å²) in [4.78, 5) is 24.8. The summed E-state index contributed by atoms with van der Waals surface area (Å²) in [5.41, 5.74) is 1.60. The lowest BCUT2D eigenvalue weighted by molar-refractivity contribution is -0.143. The molecule has 1 aliphatic heterocycles. The molecule has 2 N–H and O–H groups in total. The number of carbonyl (C=O) groups is 2. The van der Waals surface area contributed by atoms with Crippen LogP contribution in [0.15, 0.2) is 18.2 Å². The molecule has 114 valence electrons. The first-order chi connectivity index (χ1) is 10.0. The molecule has 0 bridgehead atoms. The summed E-state index contributed by atoms with van der Waals surface area (Å²) in [6, 6.07) is 5.14. The van der Waals surface area contributed by atoms with Crippen LogP contribution < -0.4 is 10.1 Å². The van der Waals surface area contributed by atoms with Crippen LogP contribution >= 0.6 is 0 Å². The Kier molecular flexibility index (Phi) is 4.67. The molecule has 0 spiro atoms. The van der Waals surface area contributed by atoms with E-state index in [1.54, 1.807) is 24.1 Å². The number of hydrogen-bond donors (Lipinski definition) is 2. The number of carboxylic acid groups (broad SMARTS) is 1. The lowest BCUT2D eigenvalue weighted by atomic mass is 9.99. The minimum absolute atomic E-state index is 0.255. The number of benzene rings is 1. The summed E-state index contributed by atoms with van der Waals surface area (Å²) < 4.78 is 5.12. The van der Waals surface area contributed by atoms with Crippen LogP contribution in [-0.4, -0.2) is 42.2 Å². The zero-order chi connectivity index (χ0) is 15.4. The predicted octanol–water partition coefficient (Wildman–Crippen LogP) is 2.33. The van der Waals surface area contributed by atoms with Crippen LogP contribution in [0.4, 0.5) is 10.5 Å². The zero-order valence-electron chi connectivity index (χ0n) is 12.3. The molecule has 0 aliphatic carbocycles. The van der Waals surface area contributed by atoms with Gasteiger partial charge in [0.05, 0.1) is 13.0 Å². The van der Waals surface area contributed by atoms with E-state index in [1.807, 2.05) is 13.0 Å². The number of aliphatic carboxylic acids is 1. The average Bonchev–Trinajstić information content (AvgIpc) is 2.49. The van der Waals surface area contributed by atoms with Crippen LogP contribution in [0.2, 0.25) is 0 Å². The van der Waals surface area contributed by atoms with E-state index in [2.05, 4.69) is 5.32 Å². The summed E-state index contributed by atoms with van der Waals surface area (Å²) in [6.45, 7) is 2.73. The van der Waals surface area contributed by atoms with Crippen molar-refractivity contribution >= 4 is 17.7 Å². The quantitative estimate of drug-likeness (QED) is 0.896. The van der Waals surface area contributed by atoms with E-state index in [0.717, 1.165) is 11.3 Å². The van der Waals surface area contributed by atoms with Crippen LogP contribution in [-0.2, 0) is 4.79 Å². The molecule has 1 atom stereocenters. The number of methoxy groups -OCH3 is 1. The Morgan fingerprint density at radius 3 is 2.81 bits per heavy atom. The van der Waals surface area contributed by atoms with Crippen LogP contribution in [0.1, 0.15) is 18.4 Å². The van der Waals surface area contributed by atoms with Crippen molar-refractivity contribution in [3.63, 3.8) is 0 Å². The van der Waals surface area contributed by atoms with Crippen molar-refractivity contribution in [2.75, 3.05) is 25.5 Å². The van der Waals surface area contributed by atoms with E-state index in [4.69, 9.17) is 9.84 Å². The highest BCUT2D eigenvalue weighted by atomic mass is 16.5. The first-order valence-electron chi connectivity index (χ1n) is 6.94. The van der Waals surface area contributed by atoms with E-state index in [0.29, 0.717) is 25.1 Å². The number of anilines is 1. The highest BCUT2D eigenvalue weighted by molar-refractivity contribution is 5.90. The van der Waals surface area contributed by atoms with Crippen LogP contribution in [0.3, 0.4) is 0 Å². The number of ether oxygens (including phenoxy) is 1. The van der Waals surface area contributed by atoms with Gasteiger partial charge in [0.15, 0.2) is 0 Å². The number of piperidine rings is 1. The normalized spacial score (nSPS) is 18.2. The standard InChI is InChI=1S/C15H20N2O4/c1-10-8-12(21-2)5-6-13(10)16-15(20)17-7-3-4-11(9-17)14(18)19/h5-6,8,11H,3-4,7,9H2,1-2H3,(H,16,20)(H,18,19)/t11-/m0/s1. The van der Waals surface area contributed by atoms with Gasteiger partial charge in [-0.1, -0.05) is 0 Å². The summed E-state index contributed by atoms with van der Waals surface area (Å²) >= 11 is 0. The first-order valence-corrected chi connectivity index (χ1v) is 6.94. The molecule has 1 heterocycles. The molecule has 0 unspecified atom stereocenters. The molecule has 1 saturated heterocycles. The smallest absolute Gasteiger partial charge is 0.321 e. The van der Waals surface area contributed by atoms with E-state index < -0.39 is 11.9 Å². The third-order valence-corrected chi connectivity index (χ3v) is 3.73. The minimum atomic E-state index is -0.840. The Labute approximate surface area is 123 Å². The number of nitrogens with zero attached hydrogens (tertiary/aromatic N) is 1. The molecule has 21 heavy (non-hydrogen) atoms. The van der Waals surface area contributed by atoms with Crippen LogP contribution in [0.25, 0.3) is 0 Å². The summed E-state index contributed by atoms with van der Waals surface area (Å²) in [5, 5.41) is 11.9. The number of hydrogen-bond acceptors (Lipinski definition) is 3. The first kappa shape index (κ1) is 15.2. The lowest BCUT2D eigenvalue weighted by Crippen LogP contribution is -2.44. The molecule has 1 fully saturated rings. The Morgan fingerprint density at radius 2 is 2.19 bits per heavy atom. The van der Waals surface area contributed by atoms with Gasteiger partial charge in [-0.15, -0.1) is 0 Å². The highest BCUT2D eigenvalue weighted by Crippen LogP contribution is 2.22. The maximum absolute atomic E-state index is 12.2. The fraction of sp³-hybridized carbons (Fsp3) is 0.467. The highest BCUT2D eigenvalue weighted by Gasteiger charge is 2.28. The van der Waals surface area contributed by atoms with Crippen LogP contribution in [0, 0.1) is 12.8 Å². The molecule has 1 aromatic rings. The number of carboxylic acids is 1. The second kappa shape index (κ2) is 6.47. The van der Waals surface area contributed by atoms with E-state index in [-0.39, 0.29) is 12.6 Å². The molecule has 2 amide bonds. The average molecular weight is 292 g/mol. The van der Waals surface area contributed by atoms with Gasteiger partial charge >= 0.3 is 12.0 Å². The van der Waals surface area contributed by atoms with Crippen molar-refractivity contribution in [1.29, 1.82) is 0 Å². The monoisotopic (exact) mass is 292 g/mol. The maximum atomic E-state index is 12.2. The van der Waals surface area contributed by atoms with Gasteiger partial charge in [0, 0.05) is 18.8 Å². The third-order valence-electron chi connectivity index (χ3n) is 3.73. The van der Waals surface area contributed by atoms with Crippen molar-refractivity contribution in [2.24, 2.45) is 5.92 Å². The van der Waals surface area contributed by atoms with Gasteiger partial charge in [0.1, 0.15) is 5.75 Å². The zero-order valence-corrected chi connectivity index (χ0v) is 12.3. The number of amides is 2. The number of nitrogens with one attached hydrogen (secondary N) is 1. The maximum Gasteiger partial charge on any atom is 0.321 e. The summed E-state index contributed by atoms with van der Waals surface area (Å²) in [5.74, 6) is -0.580. The van der Waals surface area contributed by atoms with Gasteiger partial charge in [0.2, 0.25) is 0 Å². The minimum Gasteiger partial charge on any atom is -0.497 e. The van der Waals surface area contributed by atoms with E-state index >= 15 is 0 Å². The SMILES string of the molecule is COc1ccc(NC(=O)N2CCC[C@H](C(=O)O)C2)c(C)c1. The molecule has 0 radical (unpaired) electrons. The number of likely N-dealkylation sites (tertiary alicyclic amines) is 1. The number of carbonyl (C=O) groups excluding carboxylic acids is 1. The predicted molar refractivity (Wildman–Crippen MR) is 78.7 cm³/mol. The molecular formula is C15H20N2O4. The van der Waals surface area contributed by atoms with E-state index in [1.165, 1.54) is 0 Å². The molecule has 0 aromatic heterocycles. The largest absolute Gasteiger partial charge is 0.497 e. The fourth-order valence-corrected chi connectivity index (χ4v) is 2.46. The third kappa shape index (κ3) is 3.65. The number of rotatable bonds is 3. The molecule has 1 aromatic carbocycles. The Morgan fingerprint density at radius 1 is 1.43 bits per heavy atom. The van der Waals surface area contributed by atoms with Crippen LogP contribution in [0.5, 0.6) is 5.75 Å². The Balaban J connectivity index is 2.02. The molecule has 1 aliphatic rings. The second-order valence-corrected chi connectivity index (χ2v) is 5.23. The molecule has 6 nitrogen and oxygen atoms in total. The van der Waals surface area contributed by atoms with Crippen molar-refractivity contribution in [3.05, 3.63) is 23.8 Å². The molecule has 2 rings (SSSR count). The van der Waals surface area contributed by atoms with Crippen molar-refractivity contribution < 1.29 is 19.4 Å².